The lowest BCUT2D eigenvalue weighted by Crippen LogP contribution is -2.28. The molecule has 1 aromatic carbocycles. The normalized spacial score (nSPS) is 20.7. The van der Waals surface area contributed by atoms with Gasteiger partial charge in [0.25, 0.3) is 0 Å². The smallest absolute Gasteiger partial charge is 0.327 e. The van der Waals surface area contributed by atoms with Gasteiger partial charge in [-0.2, -0.15) is 13.2 Å². The Balaban J connectivity index is 2.18. The molecule has 8 heteroatoms. The van der Waals surface area contributed by atoms with E-state index in [1.165, 1.54) is 6.92 Å². The van der Waals surface area contributed by atoms with E-state index in [4.69, 9.17) is 5.73 Å². The number of benzene rings is 1. The summed E-state index contributed by atoms with van der Waals surface area (Å²) < 4.78 is 38.6. The molecule has 5 nitrogen and oxygen atoms in total. The van der Waals surface area contributed by atoms with E-state index in [0.717, 1.165) is 37.5 Å². The van der Waals surface area contributed by atoms with Gasteiger partial charge in [0.2, 0.25) is 11.8 Å². The maximum absolute atomic E-state index is 12.9. The van der Waals surface area contributed by atoms with Gasteiger partial charge in [0.1, 0.15) is 0 Å². The Labute approximate surface area is 137 Å². The fourth-order valence-electron chi connectivity index (χ4n) is 2.88. The number of carbonyl (C=O) groups excluding carboxylic acids is 2. The maximum Gasteiger partial charge on any atom is 0.416 e. The highest BCUT2D eigenvalue weighted by Gasteiger charge is 2.31. The Hall–Kier alpha value is -2.09. The first-order valence-electron chi connectivity index (χ1n) is 7.71. The first-order chi connectivity index (χ1) is 11.2. The molecule has 24 heavy (non-hydrogen) atoms. The third kappa shape index (κ3) is 4.70. The number of hydrogen-bond acceptors (Lipinski definition) is 3. The molecule has 0 unspecified atom stereocenters. The second-order valence-corrected chi connectivity index (χ2v) is 6.05. The zero-order valence-corrected chi connectivity index (χ0v) is 13.2. The summed E-state index contributed by atoms with van der Waals surface area (Å²) in [5.74, 6) is -0.827. The molecule has 0 aliphatic heterocycles. The molecule has 1 fully saturated rings. The van der Waals surface area contributed by atoms with Crippen LogP contribution in [0.2, 0.25) is 0 Å². The number of halogens is 3. The van der Waals surface area contributed by atoms with Crippen LogP contribution in [0.25, 0.3) is 0 Å². The van der Waals surface area contributed by atoms with Crippen LogP contribution in [0.5, 0.6) is 0 Å². The van der Waals surface area contributed by atoms with Crippen molar-refractivity contribution in [3.63, 3.8) is 0 Å². The Morgan fingerprint density at radius 2 is 1.92 bits per heavy atom. The minimum Gasteiger partial charge on any atom is -0.327 e. The van der Waals surface area contributed by atoms with Crippen LogP contribution in [0.3, 0.4) is 0 Å². The quantitative estimate of drug-likeness (QED) is 0.785. The van der Waals surface area contributed by atoms with Crippen molar-refractivity contribution in [1.29, 1.82) is 0 Å². The van der Waals surface area contributed by atoms with E-state index in [0.29, 0.717) is 0 Å². The van der Waals surface area contributed by atoms with Crippen LogP contribution in [0.4, 0.5) is 24.5 Å². The fraction of sp³-hybridized carbons (Fsp3) is 0.500. The van der Waals surface area contributed by atoms with Crippen molar-refractivity contribution in [3.05, 3.63) is 23.8 Å². The number of nitrogens with one attached hydrogen (secondary N) is 2. The molecule has 2 rings (SSSR count). The molecule has 4 N–H and O–H groups in total. The minimum atomic E-state index is -4.54. The third-order valence-corrected chi connectivity index (χ3v) is 4.10. The van der Waals surface area contributed by atoms with Crippen molar-refractivity contribution < 1.29 is 22.8 Å². The molecule has 0 aromatic heterocycles. The van der Waals surface area contributed by atoms with Crippen LogP contribution in [0.1, 0.15) is 38.2 Å². The number of carbonyl (C=O) groups is 2. The van der Waals surface area contributed by atoms with E-state index < -0.39 is 23.6 Å². The fourth-order valence-corrected chi connectivity index (χ4v) is 2.88. The van der Waals surface area contributed by atoms with Crippen LogP contribution in [-0.2, 0) is 15.8 Å². The number of alkyl halides is 3. The zero-order chi connectivity index (χ0) is 17.9. The SMILES string of the molecule is CC(=O)Nc1ccc(C(F)(F)F)cc1NC(=O)C[C@@H]1CCC[C@H]1N. The Morgan fingerprint density at radius 1 is 1.21 bits per heavy atom. The van der Waals surface area contributed by atoms with Crippen molar-refractivity contribution >= 4 is 23.2 Å². The van der Waals surface area contributed by atoms with Gasteiger partial charge in [-0.25, -0.2) is 0 Å². The lowest BCUT2D eigenvalue weighted by atomic mass is 10.00. The van der Waals surface area contributed by atoms with Crippen LogP contribution in [0.15, 0.2) is 18.2 Å². The largest absolute Gasteiger partial charge is 0.416 e. The molecule has 2 atom stereocenters. The van der Waals surface area contributed by atoms with Crippen molar-refractivity contribution in [2.24, 2.45) is 11.7 Å². The summed E-state index contributed by atoms with van der Waals surface area (Å²) in [7, 11) is 0. The Kier molecular flexibility index (Phi) is 5.48. The van der Waals surface area contributed by atoms with Gasteiger partial charge in [-0.05, 0) is 37.0 Å². The van der Waals surface area contributed by atoms with E-state index in [-0.39, 0.29) is 29.8 Å². The summed E-state index contributed by atoms with van der Waals surface area (Å²) in [6.07, 6.45) is -1.77. The monoisotopic (exact) mass is 343 g/mol. The van der Waals surface area contributed by atoms with Gasteiger partial charge in [-0.15, -0.1) is 0 Å². The summed E-state index contributed by atoms with van der Waals surface area (Å²) in [4.78, 5) is 23.3. The van der Waals surface area contributed by atoms with Gasteiger partial charge in [-0.3, -0.25) is 9.59 Å². The van der Waals surface area contributed by atoms with Crippen LogP contribution >= 0.6 is 0 Å². The number of anilines is 2. The molecular formula is C16H20F3N3O2. The van der Waals surface area contributed by atoms with Gasteiger partial charge in [0, 0.05) is 19.4 Å². The van der Waals surface area contributed by atoms with Crippen LogP contribution in [0, 0.1) is 5.92 Å². The van der Waals surface area contributed by atoms with E-state index >= 15 is 0 Å². The molecular weight excluding hydrogens is 323 g/mol. The number of rotatable bonds is 4. The van der Waals surface area contributed by atoms with E-state index in [1.807, 2.05) is 0 Å². The summed E-state index contributed by atoms with van der Waals surface area (Å²) >= 11 is 0. The first-order valence-corrected chi connectivity index (χ1v) is 7.71. The van der Waals surface area contributed by atoms with Crippen molar-refractivity contribution in [3.8, 4) is 0 Å². The standard InChI is InChI=1S/C16H20F3N3O2/c1-9(23)21-13-6-5-11(16(17,18)19)8-14(13)22-15(24)7-10-3-2-4-12(10)20/h5-6,8,10,12H,2-4,7,20H2,1H3,(H,21,23)(H,22,24)/t10-,12+/m0/s1. The van der Waals surface area contributed by atoms with Gasteiger partial charge < -0.3 is 16.4 Å². The molecule has 0 saturated heterocycles. The number of amides is 2. The second kappa shape index (κ2) is 7.21. The third-order valence-electron chi connectivity index (χ3n) is 4.10. The molecule has 0 bridgehead atoms. The average molecular weight is 343 g/mol. The Bertz CT molecular complexity index is 631. The minimum absolute atomic E-state index is 0.0278. The molecule has 1 aliphatic carbocycles. The predicted octanol–water partition coefficient (Wildman–Crippen LogP) is 3.12. The van der Waals surface area contributed by atoms with Gasteiger partial charge in [0.15, 0.2) is 0 Å². The molecule has 2 amide bonds. The van der Waals surface area contributed by atoms with E-state index in [1.54, 1.807) is 0 Å². The van der Waals surface area contributed by atoms with Gasteiger partial charge in [-0.1, -0.05) is 6.42 Å². The summed E-state index contributed by atoms with van der Waals surface area (Å²) in [6, 6.07) is 2.74. The molecule has 0 radical (unpaired) electrons. The summed E-state index contributed by atoms with van der Waals surface area (Å²) in [5.41, 5.74) is 5.07. The summed E-state index contributed by atoms with van der Waals surface area (Å²) in [5, 5.41) is 4.88. The molecule has 132 valence electrons. The molecule has 1 aromatic rings. The topological polar surface area (TPSA) is 84.2 Å². The lowest BCUT2D eigenvalue weighted by molar-refractivity contribution is -0.137. The Morgan fingerprint density at radius 3 is 2.46 bits per heavy atom. The number of nitrogens with two attached hydrogens (primary N) is 1. The summed E-state index contributed by atoms with van der Waals surface area (Å²) in [6.45, 7) is 1.24. The van der Waals surface area contributed by atoms with Crippen molar-refractivity contribution in [1.82, 2.24) is 0 Å². The van der Waals surface area contributed by atoms with Crippen LogP contribution in [-0.4, -0.2) is 17.9 Å². The second-order valence-electron chi connectivity index (χ2n) is 6.05. The van der Waals surface area contributed by atoms with Crippen molar-refractivity contribution in [2.75, 3.05) is 10.6 Å². The zero-order valence-electron chi connectivity index (χ0n) is 13.2. The molecule has 1 aliphatic rings. The number of hydrogen-bond donors (Lipinski definition) is 3. The van der Waals surface area contributed by atoms with Crippen molar-refractivity contribution in [2.45, 2.75) is 44.8 Å². The van der Waals surface area contributed by atoms with Crippen LogP contribution < -0.4 is 16.4 Å². The van der Waals surface area contributed by atoms with E-state index in [9.17, 15) is 22.8 Å². The molecule has 0 spiro atoms. The van der Waals surface area contributed by atoms with E-state index in [2.05, 4.69) is 10.6 Å². The highest BCUT2D eigenvalue weighted by molar-refractivity contribution is 5.99. The highest BCUT2D eigenvalue weighted by atomic mass is 19.4. The highest BCUT2D eigenvalue weighted by Crippen LogP contribution is 2.34. The lowest BCUT2D eigenvalue weighted by Gasteiger charge is -2.17. The van der Waals surface area contributed by atoms with Gasteiger partial charge in [0.05, 0.1) is 16.9 Å². The van der Waals surface area contributed by atoms with Gasteiger partial charge >= 0.3 is 6.18 Å². The first kappa shape index (κ1) is 18.3. The predicted molar refractivity (Wildman–Crippen MR) is 84.3 cm³/mol. The maximum atomic E-state index is 12.9. The molecule has 0 heterocycles. The molecule has 1 saturated carbocycles. The average Bonchev–Trinajstić information content (AvgIpc) is 2.84.